The lowest BCUT2D eigenvalue weighted by molar-refractivity contribution is 0.638. The Hall–Kier alpha value is -5.74. The molecule has 2 aliphatic heterocycles. The van der Waals surface area contributed by atoms with Crippen LogP contribution >= 0.6 is 0 Å². The SMILES string of the molecule is CC1(C)c2ccccc2Nc2c(-c3c4c(cc5oc6ccccc6c35)-n3c5c(cccc5c5ccc6ccccc6c53)[B]4)cccc21. The van der Waals surface area contributed by atoms with E-state index in [0.29, 0.717) is 0 Å². The largest absolute Gasteiger partial charge is 0.456 e. The topological polar surface area (TPSA) is 30.1 Å². The van der Waals surface area contributed by atoms with E-state index >= 15 is 0 Å². The van der Waals surface area contributed by atoms with Gasteiger partial charge in [0, 0.05) is 60.9 Å². The van der Waals surface area contributed by atoms with E-state index in [0.717, 1.165) is 39.0 Å². The molecule has 1 radical (unpaired) electrons. The van der Waals surface area contributed by atoms with Crippen LogP contribution in [0.4, 0.5) is 11.4 Å². The summed E-state index contributed by atoms with van der Waals surface area (Å²) in [6.45, 7) is 4.68. The third-order valence-corrected chi connectivity index (χ3v) is 10.8. The molecule has 0 atom stereocenters. The Balaban J connectivity index is 1.33. The lowest BCUT2D eigenvalue weighted by Crippen LogP contribution is -2.37. The van der Waals surface area contributed by atoms with E-state index in [9.17, 15) is 0 Å². The molecule has 0 aliphatic carbocycles. The summed E-state index contributed by atoms with van der Waals surface area (Å²) < 4.78 is 9.24. The minimum absolute atomic E-state index is 0.169. The number of para-hydroxylation sites is 4. The monoisotopic (exact) mass is 599 g/mol. The lowest BCUT2D eigenvalue weighted by Gasteiger charge is -2.37. The average molecular weight is 600 g/mol. The summed E-state index contributed by atoms with van der Waals surface area (Å²) in [5, 5.41) is 11.2. The Bertz CT molecular complexity index is 2840. The van der Waals surface area contributed by atoms with Gasteiger partial charge in [-0.1, -0.05) is 129 Å². The highest BCUT2D eigenvalue weighted by Gasteiger charge is 2.36. The number of furan rings is 1. The molecule has 2 aromatic heterocycles. The molecule has 0 amide bonds. The van der Waals surface area contributed by atoms with Crippen molar-refractivity contribution >= 4 is 84.1 Å². The first-order chi connectivity index (χ1) is 23.1. The Morgan fingerprint density at radius 3 is 2.32 bits per heavy atom. The molecule has 4 heterocycles. The van der Waals surface area contributed by atoms with Crippen LogP contribution < -0.4 is 16.2 Å². The van der Waals surface area contributed by atoms with Crippen LogP contribution in [0.15, 0.2) is 132 Å². The summed E-state index contributed by atoms with van der Waals surface area (Å²) in [5.41, 5.74) is 15.0. The molecular weight excluding hydrogens is 571 g/mol. The summed E-state index contributed by atoms with van der Waals surface area (Å²) >= 11 is 0. The van der Waals surface area contributed by atoms with E-state index in [2.05, 4.69) is 158 Å². The first kappa shape index (κ1) is 25.5. The van der Waals surface area contributed by atoms with Crippen LogP contribution in [0.2, 0.25) is 0 Å². The molecular formula is C43H28BN2O. The van der Waals surface area contributed by atoms with Gasteiger partial charge in [0.2, 0.25) is 0 Å². The zero-order chi connectivity index (χ0) is 31.0. The summed E-state index contributed by atoms with van der Waals surface area (Å²) in [6, 6.07) is 46.3. The molecule has 11 rings (SSSR count). The van der Waals surface area contributed by atoms with Crippen molar-refractivity contribution in [3.05, 3.63) is 139 Å². The maximum absolute atomic E-state index is 6.73. The van der Waals surface area contributed by atoms with Gasteiger partial charge in [-0.15, -0.1) is 0 Å². The van der Waals surface area contributed by atoms with Gasteiger partial charge in [-0.2, -0.15) is 0 Å². The number of fused-ring (bicyclic) bond motifs is 12. The van der Waals surface area contributed by atoms with Gasteiger partial charge >= 0.3 is 0 Å². The van der Waals surface area contributed by atoms with Gasteiger partial charge in [-0.3, -0.25) is 0 Å². The van der Waals surface area contributed by atoms with Gasteiger partial charge in [0.25, 0.3) is 0 Å². The highest BCUT2D eigenvalue weighted by Crippen LogP contribution is 2.50. The standard InChI is InChI=1S/C43H28BN2O/c1-43(2)30-16-6-7-19-33(30)45-40-29(15-9-17-31(40)43)38-37-28-13-5-8-20-35(28)47-36(37)23-34-39(38)44-32-18-10-14-26-27-22-21-24-11-3-4-12-25(24)41(27)46(34)42(26)32/h3-23,45H,1-2H3. The lowest BCUT2D eigenvalue weighted by atomic mass is 9.58. The molecule has 47 heavy (non-hydrogen) atoms. The molecule has 4 heteroatoms. The van der Waals surface area contributed by atoms with Crippen molar-refractivity contribution in [1.29, 1.82) is 0 Å². The fourth-order valence-corrected chi connectivity index (χ4v) is 8.70. The predicted octanol–water partition coefficient (Wildman–Crippen LogP) is 9.85. The second-order valence-electron chi connectivity index (χ2n) is 13.6. The Kier molecular flexibility index (Phi) is 4.74. The first-order valence-corrected chi connectivity index (χ1v) is 16.4. The second kappa shape index (κ2) is 8.74. The van der Waals surface area contributed by atoms with Crippen LogP contribution in [0.1, 0.15) is 25.0 Å². The Morgan fingerprint density at radius 2 is 1.38 bits per heavy atom. The van der Waals surface area contributed by atoms with Gasteiger partial charge in [0.15, 0.2) is 7.28 Å². The summed E-state index contributed by atoms with van der Waals surface area (Å²) in [6.07, 6.45) is 0. The Morgan fingerprint density at radius 1 is 0.638 bits per heavy atom. The molecule has 0 bridgehead atoms. The van der Waals surface area contributed by atoms with Crippen molar-refractivity contribution in [3.63, 3.8) is 0 Å². The molecule has 0 spiro atoms. The van der Waals surface area contributed by atoms with Crippen molar-refractivity contribution in [2.45, 2.75) is 19.3 Å². The van der Waals surface area contributed by atoms with E-state index < -0.39 is 0 Å². The molecule has 0 saturated carbocycles. The number of hydrogen-bond donors (Lipinski definition) is 1. The van der Waals surface area contributed by atoms with E-state index in [1.54, 1.807) is 0 Å². The van der Waals surface area contributed by atoms with Gasteiger partial charge in [-0.05, 0) is 39.7 Å². The number of nitrogens with zero attached hydrogens (tertiary/aromatic N) is 1. The van der Waals surface area contributed by atoms with Crippen LogP contribution in [0.25, 0.3) is 71.3 Å². The number of anilines is 2. The quantitative estimate of drug-likeness (QED) is 0.190. The smallest absolute Gasteiger partial charge is 0.197 e. The minimum atomic E-state index is -0.169. The van der Waals surface area contributed by atoms with Gasteiger partial charge < -0.3 is 14.3 Å². The fraction of sp³-hybridized carbons (Fsp3) is 0.0698. The summed E-state index contributed by atoms with van der Waals surface area (Å²) in [4.78, 5) is 0. The van der Waals surface area contributed by atoms with Crippen molar-refractivity contribution in [3.8, 4) is 16.8 Å². The highest BCUT2D eigenvalue weighted by molar-refractivity contribution is 6.74. The fourth-order valence-electron chi connectivity index (χ4n) is 8.70. The summed E-state index contributed by atoms with van der Waals surface area (Å²) in [7, 11) is 2.41. The maximum atomic E-state index is 6.73. The third-order valence-electron chi connectivity index (χ3n) is 10.8. The van der Waals surface area contributed by atoms with Crippen LogP contribution in [0.3, 0.4) is 0 Å². The summed E-state index contributed by atoms with van der Waals surface area (Å²) in [5.74, 6) is 0. The second-order valence-corrected chi connectivity index (χ2v) is 13.6. The molecule has 0 unspecified atom stereocenters. The molecule has 3 nitrogen and oxygen atoms in total. The maximum Gasteiger partial charge on any atom is 0.197 e. The number of hydrogen-bond acceptors (Lipinski definition) is 2. The van der Waals surface area contributed by atoms with Crippen LogP contribution in [0, 0.1) is 0 Å². The normalized spacial score (nSPS) is 14.3. The number of nitrogens with one attached hydrogen (secondary N) is 1. The number of benzene rings is 7. The molecule has 1 N–H and O–H groups in total. The van der Waals surface area contributed by atoms with Gasteiger partial charge in [0.1, 0.15) is 11.2 Å². The third kappa shape index (κ3) is 3.18. The highest BCUT2D eigenvalue weighted by atomic mass is 16.3. The van der Waals surface area contributed by atoms with E-state index in [1.165, 1.54) is 65.8 Å². The molecule has 7 aromatic carbocycles. The van der Waals surface area contributed by atoms with Gasteiger partial charge in [0.05, 0.1) is 11.2 Å². The molecule has 0 saturated heterocycles. The van der Waals surface area contributed by atoms with Crippen LogP contribution in [0.5, 0.6) is 0 Å². The van der Waals surface area contributed by atoms with Crippen molar-refractivity contribution in [1.82, 2.24) is 4.57 Å². The molecule has 219 valence electrons. The van der Waals surface area contributed by atoms with E-state index in [4.69, 9.17) is 4.42 Å². The first-order valence-electron chi connectivity index (χ1n) is 16.4. The zero-order valence-electron chi connectivity index (χ0n) is 26.1. The minimum Gasteiger partial charge on any atom is -0.456 e. The van der Waals surface area contributed by atoms with E-state index in [1.807, 2.05) is 0 Å². The number of aromatic nitrogens is 1. The molecule has 9 aromatic rings. The van der Waals surface area contributed by atoms with Crippen LogP contribution in [-0.4, -0.2) is 11.8 Å². The zero-order valence-corrected chi connectivity index (χ0v) is 26.1. The predicted molar refractivity (Wildman–Crippen MR) is 198 cm³/mol. The van der Waals surface area contributed by atoms with Crippen LogP contribution in [-0.2, 0) is 5.41 Å². The number of rotatable bonds is 1. The van der Waals surface area contributed by atoms with Crippen molar-refractivity contribution in [2.75, 3.05) is 5.32 Å². The van der Waals surface area contributed by atoms with Crippen molar-refractivity contribution < 1.29 is 4.42 Å². The molecule has 2 aliphatic rings. The van der Waals surface area contributed by atoms with E-state index in [-0.39, 0.29) is 5.41 Å². The Labute approximate surface area is 272 Å². The van der Waals surface area contributed by atoms with Gasteiger partial charge in [-0.25, -0.2) is 0 Å². The molecule has 0 fully saturated rings. The van der Waals surface area contributed by atoms with Crippen molar-refractivity contribution in [2.24, 2.45) is 0 Å². The average Bonchev–Trinajstić information content (AvgIpc) is 3.65.